The van der Waals surface area contributed by atoms with Gasteiger partial charge in [0.1, 0.15) is 5.82 Å². The Hall–Kier alpha value is -1.09. The molecule has 2 aliphatic heterocycles. The van der Waals surface area contributed by atoms with Gasteiger partial charge in [-0.3, -0.25) is 4.90 Å². The van der Waals surface area contributed by atoms with Gasteiger partial charge in [0.05, 0.1) is 5.69 Å². The lowest BCUT2D eigenvalue weighted by Crippen LogP contribution is -2.54. The van der Waals surface area contributed by atoms with Crippen molar-refractivity contribution in [2.75, 3.05) is 18.8 Å². The Balaban J connectivity index is 1.85. The molecule has 102 valence electrons. The van der Waals surface area contributed by atoms with E-state index in [1.54, 1.807) is 6.07 Å². The number of nitrogen functional groups attached to an aromatic ring is 1. The number of hydrogen-bond acceptors (Lipinski definition) is 2. The average Bonchev–Trinajstić information content (AvgIpc) is 2.43. The minimum Gasteiger partial charge on any atom is -0.396 e. The Labute approximate surface area is 113 Å². The first-order valence-corrected chi connectivity index (χ1v) is 7.56. The molecule has 1 aromatic carbocycles. The van der Waals surface area contributed by atoms with E-state index in [1.165, 1.54) is 44.3 Å². The molecule has 3 heteroatoms. The molecule has 0 saturated carbocycles. The first kappa shape index (κ1) is 11.7. The second kappa shape index (κ2) is 4.20. The fourth-order valence-electron chi connectivity index (χ4n) is 4.79. The molecule has 2 heterocycles. The Bertz CT molecular complexity index is 512. The smallest absolute Gasteiger partial charge is 0.146 e. The normalized spacial score (nSPS) is 33.6. The van der Waals surface area contributed by atoms with E-state index in [4.69, 9.17) is 5.73 Å². The number of fused-ring (bicyclic) bond motifs is 2. The van der Waals surface area contributed by atoms with Crippen molar-refractivity contribution < 1.29 is 4.39 Å². The van der Waals surface area contributed by atoms with Gasteiger partial charge in [0.15, 0.2) is 0 Å². The molecule has 0 amide bonds. The molecule has 3 unspecified atom stereocenters. The molecule has 2 nitrogen and oxygen atoms in total. The van der Waals surface area contributed by atoms with Crippen molar-refractivity contribution >= 4 is 5.69 Å². The van der Waals surface area contributed by atoms with Gasteiger partial charge in [-0.25, -0.2) is 4.39 Å². The van der Waals surface area contributed by atoms with E-state index in [0.717, 1.165) is 17.9 Å². The van der Waals surface area contributed by atoms with Crippen LogP contribution in [-0.4, -0.2) is 24.0 Å². The molecule has 2 saturated heterocycles. The third-order valence-electron chi connectivity index (χ3n) is 5.47. The van der Waals surface area contributed by atoms with Gasteiger partial charge in [0, 0.05) is 12.0 Å². The molecule has 2 N–H and O–H groups in total. The first-order valence-electron chi connectivity index (χ1n) is 7.56. The molecule has 0 bridgehead atoms. The molecule has 0 radical (unpaired) electrons. The van der Waals surface area contributed by atoms with Gasteiger partial charge in [-0.2, -0.15) is 0 Å². The van der Waals surface area contributed by atoms with Gasteiger partial charge >= 0.3 is 0 Å². The van der Waals surface area contributed by atoms with Crippen LogP contribution in [0.5, 0.6) is 0 Å². The van der Waals surface area contributed by atoms with Crippen LogP contribution >= 0.6 is 0 Å². The Morgan fingerprint density at radius 1 is 1.16 bits per heavy atom. The maximum absolute atomic E-state index is 13.8. The largest absolute Gasteiger partial charge is 0.396 e. The van der Waals surface area contributed by atoms with Crippen LogP contribution in [0.1, 0.15) is 42.7 Å². The molecule has 0 spiro atoms. The Morgan fingerprint density at radius 2 is 1.95 bits per heavy atom. The number of piperidine rings is 2. The van der Waals surface area contributed by atoms with Gasteiger partial charge in [0.2, 0.25) is 0 Å². The van der Waals surface area contributed by atoms with Crippen LogP contribution in [0.25, 0.3) is 0 Å². The van der Waals surface area contributed by atoms with Crippen LogP contribution in [0.3, 0.4) is 0 Å². The van der Waals surface area contributed by atoms with Crippen molar-refractivity contribution in [3.8, 4) is 0 Å². The number of halogens is 1. The number of nitrogens with two attached hydrogens (primary N) is 1. The lowest BCUT2D eigenvalue weighted by molar-refractivity contribution is 0.0351. The molecule has 4 rings (SSSR count). The zero-order valence-electron chi connectivity index (χ0n) is 11.2. The third kappa shape index (κ3) is 1.64. The minimum atomic E-state index is -0.231. The standard InChI is InChI=1S/C16H21FN2/c17-13-6-5-10-9-11-3-1-7-19-8-2-4-12(16(11)19)14(10)15(13)18/h5-6,11-12,16H,1-4,7-9,18H2. The van der Waals surface area contributed by atoms with E-state index in [9.17, 15) is 4.39 Å². The second-order valence-electron chi connectivity index (χ2n) is 6.42. The molecule has 1 aliphatic carbocycles. The van der Waals surface area contributed by atoms with E-state index in [1.807, 2.05) is 6.07 Å². The molecule has 3 atom stereocenters. The zero-order chi connectivity index (χ0) is 13.0. The van der Waals surface area contributed by atoms with Crippen molar-refractivity contribution in [2.45, 2.75) is 44.1 Å². The highest BCUT2D eigenvalue weighted by Gasteiger charge is 2.44. The molecule has 1 aromatic rings. The quantitative estimate of drug-likeness (QED) is 0.727. The van der Waals surface area contributed by atoms with Gasteiger partial charge in [0.25, 0.3) is 0 Å². The molecule has 3 aliphatic rings. The molecule has 2 fully saturated rings. The predicted molar refractivity (Wildman–Crippen MR) is 74.6 cm³/mol. The summed E-state index contributed by atoms with van der Waals surface area (Å²) in [5.41, 5.74) is 8.95. The summed E-state index contributed by atoms with van der Waals surface area (Å²) in [5.74, 6) is 1.00. The van der Waals surface area contributed by atoms with Crippen LogP contribution < -0.4 is 5.73 Å². The van der Waals surface area contributed by atoms with Crippen LogP contribution in [0.4, 0.5) is 10.1 Å². The van der Waals surface area contributed by atoms with Crippen molar-refractivity contribution in [3.05, 3.63) is 29.1 Å². The summed E-state index contributed by atoms with van der Waals surface area (Å²) in [6, 6.07) is 4.15. The third-order valence-corrected chi connectivity index (χ3v) is 5.47. The lowest BCUT2D eigenvalue weighted by atomic mass is 9.66. The second-order valence-corrected chi connectivity index (χ2v) is 6.42. The van der Waals surface area contributed by atoms with E-state index in [2.05, 4.69) is 4.90 Å². The fraction of sp³-hybridized carbons (Fsp3) is 0.625. The van der Waals surface area contributed by atoms with Gasteiger partial charge < -0.3 is 5.73 Å². The van der Waals surface area contributed by atoms with Crippen molar-refractivity contribution in [1.29, 1.82) is 0 Å². The van der Waals surface area contributed by atoms with Crippen molar-refractivity contribution in [3.63, 3.8) is 0 Å². The van der Waals surface area contributed by atoms with E-state index < -0.39 is 0 Å². The molecule has 0 aromatic heterocycles. The molecular weight excluding hydrogens is 239 g/mol. The monoisotopic (exact) mass is 260 g/mol. The van der Waals surface area contributed by atoms with Gasteiger partial charge in [-0.15, -0.1) is 0 Å². The summed E-state index contributed by atoms with van der Waals surface area (Å²) >= 11 is 0. The van der Waals surface area contributed by atoms with Crippen LogP contribution in [0.2, 0.25) is 0 Å². The van der Waals surface area contributed by atoms with E-state index >= 15 is 0 Å². The topological polar surface area (TPSA) is 29.3 Å². The van der Waals surface area contributed by atoms with Crippen LogP contribution in [-0.2, 0) is 6.42 Å². The number of anilines is 1. The highest BCUT2D eigenvalue weighted by Crippen LogP contribution is 2.48. The highest BCUT2D eigenvalue weighted by atomic mass is 19.1. The number of hydrogen-bond donors (Lipinski definition) is 1. The zero-order valence-corrected chi connectivity index (χ0v) is 11.2. The lowest BCUT2D eigenvalue weighted by Gasteiger charge is -2.52. The Morgan fingerprint density at radius 3 is 2.79 bits per heavy atom. The minimum absolute atomic E-state index is 0.231. The van der Waals surface area contributed by atoms with Crippen LogP contribution in [0.15, 0.2) is 12.1 Å². The highest BCUT2D eigenvalue weighted by molar-refractivity contribution is 5.56. The maximum Gasteiger partial charge on any atom is 0.146 e. The van der Waals surface area contributed by atoms with Crippen molar-refractivity contribution in [1.82, 2.24) is 4.90 Å². The predicted octanol–water partition coefficient (Wildman–Crippen LogP) is 2.92. The van der Waals surface area contributed by atoms with Gasteiger partial charge in [-0.05, 0) is 68.3 Å². The van der Waals surface area contributed by atoms with E-state index in [0.29, 0.717) is 17.6 Å². The molecular formula is C16H21FN2. The SMILES string of the molecule is Nc1c(F)ccc2c1C1CCCN3CCCC(C2)C13. The fourth-order valence-corrected chi connectivity index (χ4v) is 4.79. The number of rotatable bonds is 0. The van der Waals surface area contributed by atoms with Gasteiger partial charge in [-0.1, -0.05) is 6.07 Å². The summed E-state index contributed by atoms with van der Waals surface area (Å²) in [6.07, 6.45) is 6.15. The summed E-state index contributed by atoms with van der Waals surface area (Å²) < 4.78 is 13.8. The maximum atomic E-state index is 13.8. The summed E-state index contributed by atoms with van der Waals surface area (Å²) in [6.45, 7) is 2.45. The first-order chi connectivity index (χ1) is 9.25. The number of nitrogens with zero attached hydrogens (tertiary/aromatic N) is 1. The number of benzene rings is 1. The summed E-state index contributed by atoms with van der Waals surface area (Å²) in [5, 5.41) is 0. The van der Waals surface area contributed by atoms with Crippen molar-refractivity contribution in [2.24, 2.45) is 5.92 Å². The van der Waals surface area contributed by atoms with E-state index in [-0.39, 0.29) is 5.82 Å². The molecule has 19 heavy (non-hydrogen) atoms. The average molecular weight is 260 g/mol. The Kier molecular flexibility index (Phi) is 2.59. The van der Waals surface area contributed by atoms with Crippen LogP contribution in [0, 0.1) is 11.7 Å². The summed E-state index contributed by atoms with van der Waals surface area (Å²) in [4.78, 5) is 2.65. The summed E-state index contributed by atoms with van der Waals surface area (Å²) in [7, 11) is 0.